The number of nitrogens with two attached hydrogens (primary N) is 1. The van der Waals surface area contributed by atoms with Crippen molar-refractivity contribution >= 4 is 0 Å². The van der Waals surface area contributed by atoms with E-state index >= 15 is 0 Å². The van der Waals surface area contributed by atoms with Crippen LogP contribution in [0.15, 0.2) is 24.3 Å². The van der Waals surface area contributed by atoms with Crippen molar-refractivity contribution in [1.82, 2.24) is 0 Å². The van der Waals surface area contributed by atoms with Gasteiger partial charge in [0.15, 0.2) is 0 Å². The lowest BCUT2D eigenvalue weighted by Gasteiger charge is -2.29. The summed E-state index contributed by atoms with van der Waals surface area (Å²) in [5.41, 5.74) is 9.11. The molecule has 2 atom stereocenters. The van der Waals surface area contributed by atoms with Gasteiger partial charge in [-0.25, -0.2) is 0 Å². The standard InChI is InChI=1S/C15H23N/c1-2-5-12-8-10-13(11-9-12)14-6-3-4-7-15(14)16/h8-11,14-15H,2-7,16H2,1H3. The maximum atomic E-state index is 6.21. The molecule has 0 aromatic heterocycles. The number of rotatable bonds is 3. The quantitative estimate of drug-likeness (QED) is 0.822. The normalized spacial score (nSPS) is 25.6. The number of hydrogen-bond acceptors (Lipinski definition) is 1. The minimum Gasteiger partial charge on any atom is -0.327 e. The molecule has 1 aliphatic rings. The van der Waals surface area contributed by atoms with Crippen LogP contribution in [0, 0.1) is 0 Å². The van der Waals surface area contributed by atoms with Crippen LogP contribution in [0.5, 0.6) is 0 Å². The fourth-order valence-electron chi connectivity index (χ4n) is 2.79. The van der Waals surface area contributed by atoms with E-state index in [0.717, 1.165) is 0 Å². The Morgan fingerprint density at radius 2 is 1.81 bits per heavy atom. The second-order valence-electron chi connectivity index (χ2n) is 5.05. The Bertz CT molecular complexity index is 315. The Hall–Kier alpha value is -0.820. The SMILES string of the molecule is CCCc1ccc(C2CCCCC2N)cc1. The predicted octanol–water partition coefficient (Wildman–Crippen LogP) is 3.62. The molecule has 88 valence electrons. The van der Waals surface area contributed by atoms with Crippen LogP contribution in [0.4, 0.5) is 0 Å². The summed E-state index contributed by atoms with van der Waals surface area (Å²) in [7, 11) is 0. The maximum absolute atomic E-state index is 6.21. The van der Waals surface area contributed by atoms with Gasteiger partial charge >= 0.3 is 0 Å². The first-order chi connectivity index (χ1) is 7.81. The summed E-state index contributed by atoms with van der Waals surface area (Å²) in [5, 5.41) is 0. The summed E-state index contributed by atoms with van der Waals surface area (Å²) >= 11 is 0. The van der Waals surface area contributed by atoms with Crippen molar-refractivity contribution in [3.05, 3.63) is 35.4 Å². The summed E-state index contributed by atoms with van der Waals surface area (Å²) in [6, 6.07) is 9.52. The summed E-state index contributed by atoms with van der Waals surface area (Å²) in [6.07, 6.45) is 7.54. The lowest BCUT2D eigenvalue weighted by atomic mass is 9.80. The molecule has 0 spiro atoms. The summed E-state index contributed by atoms with van der Waals surface area (Å²) < 4.78 is 0. The van der Waals surface area contributed by atoms with E-state index in [-0.39, 0.29) is 0 Å². The van der Waals surface area contributed by atoms with Gasteiger partial charge in [-0.1, -0.05) is 50.5 Å². The Kier molecular flexibility index (Phi) is 4.00. The van der Waals surface area contributed by atoms with Crippen molar-refractivity contribution in [2.75, 3.05) is 0 Å². The van der Waals surface area contributed by atoms with E-state index in [0.29, 0.717) is 12.0 Å². The molecule has 16 heavy (non-hydrogen) atoms. The fraction of sp³-hybridized carbons (Fsp3) is 0.600. The van der Waals surface area contributed by atoms with Gasteiger partial charge in [-0.05, 0) is 36.3 Å². The van der Waals surface area contributed by atoms with Crippen LogP contribution in [0.25, 0.3) is 0 Å². The Morgan fingerprint density at radius 3 is 2.44 bits per heavy atom. The first-order valence-electron chi connectivity index (χ1n) is 6.65. The third-order valence-corrected chi connectivity index (χ3v) is 3.77. The second-order valence-corrected chi connectivity index (χ2v) is 5.05. The second kappa shape index (κ2) is 5.49. The molecule has 2 N–H and O–H groups in total. The lowest BCUT2D eigenvalue weighted by Crippen LogP contribution is -2.31. The smallest absolute Gasteiger partial charge is 0.0108 e. The van der Waals surface area contributed by atoms with Gasteiger partial charge in [0.1, 0.15) is 0 Å². The first kappa shape index (κ1) is 11.7. The number of benzene rings is 1. The summed E-state index contributed by atoms with van der Waals surface area (Å²) in [4.78, 5) is 0. The third-order valence-electron chi connectivity index (χ3n) is 3.77. The molecule has 1 fully saturated rings. The van der Waals surface area contributed by atoms with Gasteiger partial charge in [0.2, 0.25) is 0 Å². The molecule has 1 heteroatoms. The van der Waals surface area contributed by atoms with Crippen LogP contribution in [-0.4, -0.2) is 6.04 Å². The van der Waals surface area contributed by atoms with Gasteiger partial charge in [-0.2, -0.15) is 0 Å². The molecule has 1 aromatic rings. The lowest BCUT2D eigenvalue weighted by molar-refractivity contribution is 0.385. The zero-order chi connectivity index (χ0) is 11.4. The summed E-state index contributed by atoms with van der Waals surface area (Å²) in [6.45, 7) is 2.23. The molecule has 1 aliphatic carbocycles. The Balaban J connectivity index is 2.08. The van der Waals surface area contributed by atoms with Crippen LogP contribution in [0.2, 0.25) is 0 Å². The van der Waals surface area contributed by atoms with E-state index in [9.17, 15) is 0 Å². The zero-order valence-corrected chi connectivity index (χ0v) is 10.3. The molecule has 1 nitrogen and oxygen atoms in total. The van der Waals surface area contributed by atoms with E-state index in [4.69, 9.17) is 5.73 Å². The minimum atomic E-state index is 0.380. The molecule has 2 rings (SSSR count). The van der Waals surface area contributed by atoms with Crippen molar-refractivity contribution in [1.29, 1.82) is 0 Å². The van der Waals surface area contributed by atoms with Crippen LogP contribution >= 0.6 is 0 Å². The third kappa shape index (κ3) is 2.65. The van der Waals surface area contributed by atoms with E-state index < -0.39 is 0 Å². The van der Waals surface area contributed by atoms with E-state index in [1.54, 1.807) is 0 Å². The van der Waals surface area contributed by atoms with Gasteiger partial charge in [0.25, 0.3) is 0 Å². The molecule has 1 saturated carbocycles. The van der Waals surface area contributed by atoms with Crippen molar-refractivity contribution in [2.45, 2.75) is 57.4 Å². The average molecular weight is 217 g/mol. The highest BCUT2D eigenvalue weighted by Gasteiger charge is 2.22. The predicted molar refractivity (Wildman–Crippen MR) is 69.6 cm³/mol. The maximum Gasteiger partial charge on any atom is 0.0108 e. The van der Waals surface area contributed by atoms with Gasteiger partial charge in [0, 0.05) is 6.04 Å². The van der Waals surface area contributed by atoms with E-state index in [1.165, 1.54) is 49.7 Å². The average Bonchev–Trinajstić information content (AvgIpc) is 2.31. The highest BCUT2D eigenvalue weighted by molar-refractivity contribution is 5.27. The van der Waals surface area contributed by atoms with Crippen molar-refractivity contribution < 1.29 is 0 Å². The van der Waals surface area contributed by atoms with E-state index in [1.807, 2.05) is 0 Å². The molecule has 0 heterocycles. The van der Waals surface area contributed by atoms with Gasteiger partial charge in [-0.15, -0.1) is 0 Å². The molecule has 0 aliphatic heterocycles. The molecular formula is C15H23N. The monoisotopic (exact) mass is 217 g/mol. The molecule has 0 saturated heterocycles. The zero-order valence-electron chi connectivity index (χ0n) is 10.3. The molecule has 0 amide bonds. The van der Waals surface area contributed by atoms with E-state index in [2.05, 4.69) is 31.2 Å². The number of hydrogen-bond donors (Lipinski definition) is 1. The van der Waals surface area contributed by atoms with Gasteiger partial charge < -0.3 is 5.73 Å². The summed E-state index contributed by atoms with van der Waals surface area (Å²) in [5.74, 6) is 0.601. The molecule has 0 radical (unpaired) electrons. The largest absolute Gasteiger partial charge is 0.327 e. The van der Waals surface area contributed by atoms with Gasteiger partial charge in [-0.3, -0.25) is 0 Å². The first-order valence-corrected chi connectivity index (χ1v) is 6.65. The molecule has 2 unspecified atom stereocenters. The van der Waals surface area contributed by atoms with Crippen LogP contribution in [0.1, 0.15) is 56.1 Å². The van der Waals surface area contributed by atoms with Crippen molar-refractivity contribution in [3.63, 3.8) is 0 Å². The Labute approximate surface area is 99.0 Å². The minimum absolute atomic E-state index is 0.380. The van der Waals surface area contributed by atoms with Crippen molar-refractivity contribution in [3.8, 4) is 0 Å². The van der Waals surface area contributed by atoms with Crippen molar-refractivity contribution in [2.24, 2.45) is 5.73 Å². The molecular weight excluding hydrogens is 194 g/mol. The highest BCUT2D eigenvalue weighted by atomic mass is 14.7. The fourth-order valence-corrected chi connectivity index (χ4v) is 2.79. The van der Waals surface area contributed by atoms with Crippen LogP contribution in [-0.2, 0) is 6.42 Å². The van der Waals surface area contributed by atoms with Gasteiger partial charge in [0.05, 0.1) is 0 Å². The van der Waals surface area contributed by atoms with Crippen LogP contribution < -0.4 is 5.73 Å². The molecule has 1 aromatic carbocycles. The topological polar surface area (TPSA) is 26.0 Å². The Morgan fingerprint density at radius 1 is 1.12 bits per heavy atom. The highest BCUT2D eigenvalue weighted by Crippen LogP contribution is 2.31. The van der Waals surface area contributed by atoms with Crippen LogP contribution in [0.3, 0.4) is 0 Å². The number of aryl methyl sites for hydroxylation is 1. The molecule has 0 bridgehead atoms.